The van der Waals surface area contributed by atoms with Gasteiger partial charge in [-0.05, 0) is 18.2 Å². The van der Waals surface area contributed by atoms with Gasteiger partial charge in [0.15, 0.2) is 0 Å². The first-order chi connectivity index (χ1) is 9.08. The maximum Gasteiger partial charge on any atom is 0.372 e. The van der Waals surface area contributed by atoms with Gasteiger partial charge in [0, 0.05) is 31.4 Å². The van der Waals surface area contributed by atoms with Crippen molar-refractivity contribution in [2.24, 2.45) is 0 Å². The van der Waals surface area contributed by atoms with Gasteiger partial charge >= 0.3 is 5.97 Å². The quantitative estimate of drug-likeness (QED) is 0.896. The summed E-state index contributed by atoms with van der Waals surface area (Å²) in [4.78, 5) is 12.8. The Morgan fingerprint density at radius 1 is 1.37 bits per heavy atom. The Morgan fingerprint density at radius 2 is 2.16 bits per heavy atom. The number of hydrogen-bond acceptors (Lipinski definition) is 4. The summed E-state index contributed by atoms with van der Waals surface area (Å²) >= 11 is 0. The van der Waals surface area contributed by atoms with Crippen LogP contribution in [0.15, 0.2) is 41.0 Å². The molecule has 0 atom stereocenters. The Bertz CT molecular complexity index is 574. The predicted octanol–water partition coefficient (Wildman–Crippen LogP) is 2.62. The average Bonchev–Trinajstić information content (AvgIpc) is 2.85. The molecule has 2 aromatic rings. The van der Waals surface area contributed by atoms with E-state index < -0.39 is 5.97 Å². The van der Waals surface area contributed by atoms with Crippen molar-refractivity contribution in [1.82, 2.24) is 0 Å². The Morgan fingerprint density at radius 3 is 2.84 bits per heavy atom. The second-order valence-electron chi connectivity index (χ2n) is 4.26. The minimum Gasteiger partial charge on any atom is -0.489 e. The Balaban J connectivity index is 2.08. The highest BCUT2D eigenvalue weighted by Crippen LogP contribution is 2.21. The van der Waals surface area contributed by atoms with Crippen LogP contribution >= 0.6 is 0 Å². The largest absolute Gasteiger partial charge is 0.489 e. The topological polar surface area (TPSA) is 62.9 Å². The van der Waals surface area contributed by atoms with E-state index in [0.717, 1.165) is 5.69 Å². The van der Waals surface area contributed by atoms with Crippen molar-refractivity contribution >= 4 is 11.7 Å². The number of aromatic carboxylic acids is 1. The van der Waals surface area contributed by atoms with Crippen molar-refractivity contribution in [1.29, 1.82) is 0 Å². The smallest absolute Gasteiger partial charge is 0.372 e. The normalized spacial score (nSPS) is 10.2. The zero-order chi connectivity index (χ0) is 13.8. The summed E-state index contributed by atoms with van der Waals surface area (Å²) in [7, 11) is 3.88. The van der Waals surface area contributed by atoms with Crippen LogP contribution in [0.2, 0.25) is 0 Å². The fraction of sp³-hybridized carbons (Fsp3) is 0.214. The average molecular weight is 261 g/mol. The molecule has 1 N–H and O–H groups in total. The number of hydrogen-bond donors (Lipinski definition) is 1. The lowest BCUT2D eigenvalue weighted by atomic mass is 10.2. The van der Waals surface area contributed by atoms with E-state index in [2.05, 4.69) is 0 Å². The highest BCUT2D eigenvalue weighted by molar-refractivity contribution is 5.86. The molecule has 1 aromatic carbocycles. The zero-order valence-electron chi connectivity index (χ0n) is 10.8. The molecule has 0 spiro atoms. The van der Waals surface area contributed by atoms with Gasteiger partial charge in [-0.2, -0.15) is 0 Å². The van der Waals surface area contributed by atoms with Gasteiger partial charge in [-0.15, -0.1) is 0 Å². The number of carboxylic acid groups (broad SMARTS) is 1. The summed E-state index contributed by atoms with van der Waals surface area (Å²) in [5.74, 6) is -0.488. The van der Waals surface area contributed by atoms with Gasteiger partial charge in [0.2, 0.25) is 5.76 Å². The molecule has 0 saturated heterocycles. The molecule has 2 rings (SSSR count). The van der Waals surface area contributed by atoms with Crippen LogP contribution in [-0.2, 0) is 6.61 Å². The van der Waals surface area contributed by atoms with Crippen LogP contribution in [0.25, 0.3) is 0 Å². The molecular formula is C14H15NO4. The molecule has 0 radical (unpaired) electrons. The number of nitrogens with zero attached hydrogens (tertiary/aromatic N) is 1. The van der Waals surface area contributed by atoms with Crippen LogP contribution in [0.4, 0.5) is 5.69 Å². The van der Waals surface area contributed by atoms with Crippen LogP contribution in [0.5, 0.6) is 5.75 Å². The van der Waals surface area contributed by atoms with Crippen LogP contribution in [0.3, 0.4) is 0 Å². The van der Waals surface area contributed by atoms with Gasteiger partial charge in [0.25, 0.3) is 0 Å². The third-order valence-electron chi connectivity index (χ3n) is 2.67. The van der Waals surface area contributed by atoms with Gasteiger partial charge in [-0.3, -0.25) is 0 Å². The first-order valence-corrected chi connectivity index (χ1v) is 5.78. The van der Waals surface area contributed by atoms with Crippen molar-refractivity contribution < 1.29 is 19.1 Å². The van der Waals surface area contributed by atoms with Crippen molar-refractivity contribution in [3.8, 4) is 5.75 Å². The van der Waals surface area contributed by atoms with E-state index in [0.29, 0.717) is 11.3 Å². The number of rotatable bonds is 5. The van der Waals surface area contributed by atoms with Crippen LogP contribution in [-0.4, -0.2) is 25.2 Å². The van der Waals surface area contributed by atoms with Crippen molar-refractivity contribution in [3.63, 3.8) is 0 Å². The number of carboxylic acids is 1. The third-order valence-corrected chi connectivity index (χ3v) is 2.67. The lowest BCUT2D eigenvalue weighted by molar-refractivity contribution is 0.0658. The number of anilines is 1. The molecule has 0 amide bonds. The number of ether oxygens (including phenoxy) is 1. The molecule has 0 aliphatic rings. The molecule has 5 heteroatoms. The Hall–Kier alpha value is -2.43. The summed E-state index contributed by atoms with van der Waals surface area (Å²) in [6.07, 6.45) is 1.35. The van der Waals surface area contributed by atoms with E-state index >= 15 is 0 Å². The molecule has 1 heterocycles. The molecule has 19 heavy (non-hydrogen) atoms. The fourth-order valence-electron chi connectivity index (χ4n) is 1.65. The van der Waals surface area contributed by atoms with Gasteiger partial charge in [0.1, 0.15) is 12.4 Å². The van der Waals surface area contributed by atoms with E-state index in [-0.39, 0.29) is 12.4 Å². The van der Waals surface area contributed by atoms with Gasteiger partial charge in [-0.1, -0.05) is 6.07 Å². The Kier molecular flexibility index (Phi) is 3.75. The highest BCUT2D eigenvalue weighted by Gasteiger charge is 2.14. The molecule has 0 unspecified atom stereocenters. The number of furan rings is 1. The lowest BCUT2D eigenvalue weighted by Gasteiger charge is -2.13. The summed E-state index contributed by atoms with van der Waals surface area (Å²) in [5, 5.41) is 8.91. The van der Waals surface area contributed by atoms with Gasteiger partial charge in [0.05, 0.1) is 6.26 Å². The predicted molar refractivity (Wildman–Crippen MR) is 70.8 cm³/mol. The minimum absolute atomic E-state index is 0.0798. The van der Waals surface area contributed by atoms with Crippen LogP contribution in [0, 0.1) is 0 Å². The number of benzene rings is 1. The van der Waals surface area contributed by atoms with E-state index in [1.807, 2.05) is 43.3 Å². The van der Waals surface area contributed by atoms with Crippen LogP contribution in [0.1, 0.15) is 16.1 Å². The van der Waals surface area contributed by atoms with Gasteiger partial charge in [-0.25, -0.2) is 4.79 Å². The van der Waals surface area contributed by atoms with Crippen LogP contribution < -0.4 is 9.64 Å². The van der Waals surface area contributed by atoms with Gasteiger partial charge < -0.3 is 19.2 Å². The molecule has 1 aromatic heterocycles. The molecule has 0 fully saturated rings. The lowest BCUT2D eigenvalue weighted by Crippen LogP contribution is -2.08. The first-order valence-electron chi connectivity index (χ1n) is 5.78. The summed E-state index contributed by atoms with van der Waals surface area (Å²) in [6, 6.07) is 9.17. The number of carbonyl (C=O) groups is 1. The molecule has 0 bridgehead atoms. The molecule has 0 aliphatic heterocycles. The van der Waals surface area contributed by atoms with E-state index in [1.165, 1.54) is 6.26 Å². The SMILES string of the molecule is CN(C)c1cccc(OCc2ccoc2C(=O)O)c1. The standard InChI is InChI=1S/C14H15NO4/c1-15(2)11-4-3-5-12(8-11)19-9-10-6-7-18-13(10)14(16)17/h3-8H,9H2,1-2H3,(H,16,17). The maximum atomic E-state index is 10.9. The van der Waals surface area contributed by atoms with E-state index in [9.17, 15) is 4.79 Å². The molecule has 100 valence electrons. The second kappa shape index (κ2) is 5.48. The second-order valence-corrected chi connectivity index (χ2v) is 4.26. The summed E-state index contributed by atoms with van der Waals surface area (Å²) in [6.45, 7) is 0.162. The Labute approximate surface area is 111 Å². The molecule has 5 nitrogen and oxygen atoms in total. The molecule has 0 aliphatic carbocycles. The van der Waals surface area contributed by atoms with Crippen molar-refractivity contribution in [2.75, 3.05) is 19.0 Å². The molecule has 0 saturated carbocycles. The first kappa shape index (κ1) is 13.0. The van der Waals surface area contributed by atoms with Crippen molar-refractivity contribution in [2.45, 2.75) is 6.61 Å². The summed E-state index contributed by atoms with van der Waals surface area (Å²) in [5.41, 5.74) is 1.53. The van der Waals surface area contributed by atoms with E-state index in [1.54, 1.807) is 6.07 Å². The monoisotopic (exact) mass is 261 g/mol. The zero-order valence-corrected chi connectivity index (χ0v) is 10.8. The highest BCUT2D eigenvalue weighted by atomic mass is 16.5. The minimum atomic E-state index is -1.09. The maximum absolute atomic E-state index is 10.9. The van der Waals surface area contributed by atoms with Crippen molar-refractivity contribution in [3.05, 3.63) is 47.9 Å². The molecular weight excluding hydrogens is 246 g/mol. The fourth-order valence-corrected chi connectivity index (χ4v) is 1.65. The third kappa shape index (κ3) is 3.07. The van der Waals surface area contributed by atoms with E-state index in [4.69, 9.17) is 14.3 Å². The summed E-state index contributed by atoms with van der Waals surface area (Å²) < 4.78 is 10.5.